The molecule has 3 rings (SSSR count). The van der Waals surface area contributed by atoms with Gasteiger partial charge in [0.2, 0.25) is 11.8 Å². The van der Waals surface area contributed by atoms with E-state index in [-0.39, 0.29) is 28.1 Å². The lowest BCUT2D eigenvalue weighted by atomic mass is 10.1. The standard InChI is InChI=1S/C19H15ClFN3O4S/c1-28-18(27)11-4-2-3-5-14(11)23-16(25)9-15-17(26)24-19(29-15)22-10-6-7-13(21)12(20)8-10/h2-8,15H,9H2,1H3,(H,23,25)(H,22,24,26)/t15-/m1/s1. The smallest absolute Gasteiger partial charge is 0.339 e. The number of carbonyl (C=O) groups is 3. The van der Waals surface area contributed by atoms with Crippen molar-refractivity contribution < 1.29 is 23.5 Å². The second-order valence-corrected chi connectivity index (χ2v) is 7.50. The summed E-state index contributed by atoms with van der Waals surface area (Å²) in [5, 5.41) is 4.70. The van der Waals surface area contributed by atoms with Crippen molar-refractivity contribution in [3.63, 3.8) is 0 Å². The van der Waals surface area contributed by atoms with Gasteiger partial charge in [-0.15, -0.1) is 0 Å². The zero-order chi connectivity index (χ0) is 21.0. The summed E-state index contributed by atoms with van der Waals surface area (Å²) in [7, 11) is 1.25. The van der Waals surface area contributed by atoms with Crippen LogP contribution >= 0.6 is 23.4 Å². The van der Waals surface area contributed by atoms with Gasteiger partial charge in [0.25, 0.3) is 0 Å². The fourth-order valence-corrected chi connectivity index (χ4v) is 3.68. The van der Waals surface area contributed by atoms with Crippen molar-refractivity contribution in [2.24, 2.45) is 4.99 Å². The number of thioether (sulfide) groups is 1. The Hall–Kier alpha value is -2.91. The lowest BCUT2D eigenvalue weighted by Crippen LogP contribution is -2.28. The SMILES string of the molecule is COC(=O)c1ccccc1NC(=O)C[C@H]1SC(=Nc2ccc(F)c(Cl)c2)NC1=O. The number of amidine groups is 1. The van der Waals surface area contributed by atoms with Crippen LogP contribution in [0.15, 0.2) is 47.5 Å². The minimum atomic E-state index is -0.699. The molecule has 0 aromatic heterocycles. The summed E-state index contributed by atoms with van der Waals surface area (Å²) in [6, 6.07) is 10.3. The highest BCUT2D eigenvalue weighted by atomic mass is 35.5. The second-order valence-electron chi connectivity index (χ2n) is 5.90. The molecular formula is C19H15ClFN3O4S. The monoisotopic (exact) mass is 435 g/mol. The molecule has 1 aliphatic heterocycles. The number of hydrogen-bond donors (Lipinski definition) is 2. The number of rotatable bonds is 5. The van der Waals surface area contributed by atoms with Crippen LogP contribution < -0.4 is 10.6 Å². The first-order chi connectivity index (χ1) is 13.9. The van der Waals surface area contributed by atoms with E-state index in [2.05, 4.69) is 20.4 Å². The molecule has 1 atom stereocenters. The van der Waals surface area contributed by atoms with E-state index in [1.165, 1.54) is 31.4 Å². The van der Waals surface area contributed by atoms with Crippen LogP contribution in [-0.2, 0) is 14.3 Å². The van der Waals surface area contributed by atoms with E-state index in [1.807, 2.05) is 0 Å². The molecule has 7 nitrogen and oxygen atoms in total. The van der Waals surface area contributed by atoms with Crippen LogP contribution in [0.1, 0.15) is 16.8 Å². The Morgan fingerprint density at radius 3 is 2.79 bits per heavy atom. The summed E-state index contributed by atoms with van der Waals surface area (Å²) in [5.41, 5.74) is 0.876. The van der Waals surface area contributed by atoms with Gasteiger partial charge in [0.1, 0.15) is 11.1 Å². The molecule has 29 heavy (non-hydrogen) atoms. The third-order valence-electron chi connectivity index (χ3n) is 3.89. The number of amides is 2. The number of benzene rings is 2. The van der Waals surface area contributed by atoms with E-state index in [1.54, 1.807) is 18.2 Å². The van der Waals surface area contributed by atoms with E-state index in [4.69, 9.17) is 11.6 Å². The molecular weight excluding hydrogens is 421 g/mol. The molecule has 1 saturated heterocycles. The number of hydrogen-bond acceptors (Lipinski definition) is 6. The third kappa shape index (κ3) is 5.12. The van der Waals surface area contributed by atoms with E-state index >= 15 is 0 Å². The molecule has 0 bridgehead atoms. The van der Waals surface area contributed by atoms with Gasteiger partial charge < -0.3 is 15.4 Å². The molecule has 0 spiro atoms. The molecule has 0 saturated carbocycles. The number of ether oxygens (including phenoxy) is 1. The van der Waals surface area contributed by atoms with Crippen molar-refractivity contribution in [2.75, 3.05) is 12.4 Å². The summed E-state index contributed by atoms with van der Waals surface area (Å²) >= 11 is 6.80. The molecule has 2 aromatic rings. The highest BCUT2D eigenvalue weighted by Gasteiger charge is 2.32. The van der Waals surface area contributed by atoms with Crippen molar-refractivity contribution in [3.8, 4) is 0 Å². The summed E-state index contributed by atoms with van der Waals surface area (Å²) in [6.07, 6.45) is -0.130. The Kier molecular flexibility index (Phi) is 6.50. The van der Waals surface area contributed by atoms with E-state index in [9.17, 15) is 18.8 Å². The summed E-state index contributed by atoms with van der Waals surface area (Å²) < 4.78 is 17.9. The van der Waals surface area contributed by atoms with Crippen molar-refractivity contribution in [3.05, 3.63) is 58.9 Å². The highest BCUT2D eigenvalue weighted by molar-refractivity contribution is 8.15. The largest absolute Gasteiger partial charge is 0.465 e. The van der Waals surface area contributed by atoms with Gasteiger partial charge in [0, 0.05) is 6.42 Å². The average molecular weight is 436 g/mol. The Morgan fingerprint density at radius 2 is 2.07 bits per heavy atom. The quantitative estimate of drug-likeness (QED) is 0.700. The minimum absolute atomic E-state index is 0.0821. The van der Waals surface area contributed by atoms with Gasteiger partial charge in [-0.25, -0.2) is 14.2 Å². The number of carbonyl (C=O) groups excluding carboxylic acids is 3. The van der Waals surface area contributed by atoms with Crippen LogP contribution in [0.2, 0.25) is 5.02 Å². The van der Waals surface area contributed by atoms with E-state index in [0.29, 0.717) is 11.4 Å². The van der Waals surface area contributed by atoms with Gasteiger partial charge in [-0.1, -0.05) is 35.5 Å². The zero-order valence-corrected chi connectivity index (χ0v) is 16.6. The first kappa shape index (κ1) is 20.8. The van der Waals surface area contributed by atoms with Crippen LogP contribution in [0.25, 0.3) is 0 Å². The number of halogens is 2. The van der Waals surface area contributed by atoms with Gasteiger partial charge in [-0.3, -0.25) is 9.59 Å². The maximum Gasteiger partial charge on any atom is 0.339 e. The molecule has 150 valence electrons. The fourth-order valence-electron chi connectivity index (χ4n) is 2.51. The number of anilines is 1. The summed E-state index contributed by atoms with van der Waals surface area (Å²) in [4.78, 5) is 40.5. The first-order valence-corrected chi connectivity index (χ1v) is 9.61. The number of nitrogens with one attached hydrogen (secondary N) is 2. The normalized spacial score (nSPS) is 17.1. The molecule has 2 aromatic carbocycles. The maximum absolute atomic E-state index is 13.2. The van der Waals surface area contributed by atoms with Gasteiger partial charge in [-0.05, 0) is 30.3 Å². The van der Waals surface area contributed by atoms with E-state index < -0.39 is 22.9 Å². The van der Waals surface area contributed by atoms with Crippen molar-refractivity contribution in [1.29, 1.82) is 0 Å². The summed E-state index contributed by atoms with van der Waals surface area (Å²) in [6.45, 7) is 0. The number of aliphatic imine (C=N–C) groups is 1. The van der Waals surface area contributed by atoms with Gasteiger partial charge in [-0.2, -0.15) is 0 Å². The predicted molar refractivity (Wildman–Crippen MR) is 109 cm³/mol. The molecule has 1 aliphatic rings. The molecule has 0 radical (unpaired) electrons. The summed E-state index contributed by atoms with van der Waals surface area (Å²) in [5.74, 6) is -1.97. The fraction of sp³-hybridized carbons (Fsp3) is 0.158. The highest BCUT2D eigenvalue weighted by Crippen LogP contribution is 2.28. The van der Waals surface area contributed by atoms with Gasteiger partial charge in [0.15, 0.2) is 5.17 Å². The second kappa shape index (κ2) is 9.06. The van der Waals surface area contributed by atoms with Crippen molar-refractivity contribution in [1.82, 2.24) is 5.32 Å². The Labute approximate surface area is 174 Å². The maximum atomic E-state index is 13.2. The molecule has 1 heterocycles. The third-order valence-corrected chi connectivity index (χ3v) is 5.26. The molecule has 10 heteroatoms. The lowest BCUT2D eigenvalue weighted by molar-refractivity contribution is -0.122. The van der Waals surface area contributed by atoms with Gasteiger partial charge in [0.05, 0.1) is 29.1 Å². The Balaban J connectivity index is 1.66. The van der Waals surface area contributed by atoms with Crippen LogP contribution in [0.4, 0.5) is 15.8 Å². The Morgan fingerprint density at radius 1 is 1.31 bits per heavy atom. The van der Waals surface area contributed by atoms with Crippen molar-refractivity contribution in [2.45, 2.75) is 11.7 Å². The average Bonchev–Trinajstić information content (AvgIpc) is 3.03. The first-order valence-electron chi connectivity index (χ1n) is 8.36. The molecule has 0 unspecified atom stereocenters. The zero-order valence-electron chi connectivity index (χ0n) is 15.1. The lowest BCUT2D eigenvalue weighted by Gasteiger charge is -2.10. The number of para-hydroxylation sites is 1. The molecule has 0 aliphatic carbocycles. The van der Waals surface area contributed by atoms with Crippen LogP contribution in [0, 0.1) is 5.82 Å². The number of methoxy groups -OCH3 is 1. The Bertz CT molecular complexity index is 1010. The van der Waals surface area contributed by atoms with Crippen LogP contribution in [0.5, 0.6) is 0 Å². The van der Waals surface area contributed by atoms with Gasteiger partial charge >= 0.3 is 5.97 Å². The number of esters is 1. The van der Waals surface area contributed by atoms with Crippen LogP contribution in [0.3, 0.4) is 0 Å². The topological polar surface area (TPSA) is 96.9 Å². The predicted octanol–water partition coefficient (Wildman–Crippen LogP) is 3.51. The van der Waals surface area contributed by atoms with E-state index in [0.717, 1.165) is 11.8 Å². The number of nitrogens with zero attached hydrogens (tertiary/aromatic N) is 1. The minimum Gasteiger partial charge on any atom is -0.465 e. The van der Waals surface area contributed by atoms with Crippen LogP contribution in [-0.4, -0.2) is 35.3 Å². The van der Waals surface area contributed by atoms with Crippen molar-refractivity contribution >= 4 is 57.7 Å². The molecule has 1 fully saturated rings. The molecule has 2 N–H and O–H groups in total. The molecule has 2 amide bonds.